The summed E-state index contributed by atoms with van der Waals surface area (Å²) in [6, 6.07) is 6.90. The van der Waals surface area contributed by atoms with Gasteiger partial charge in [-0.05, 0) is 24.3 Å². The van der Waals surface area contributed by atoms with Gasteiger partial charge in [0, 0.05) is 35.4 Å². The largest absolute Gasteiger partial charge is 0.422 e. The van der Waals surface area contributed by atoms with Crippen LogP contribution in [0.3, 0.4) is 0 Å². The van der Waals surface area contributed by atoms with E-state index in [-0.39, 0.29) is 11.1 Å². The molecule has 0 N–H and O–H groups in total. The second kappa shape index (κ2) is 9.09. The van der Waals surface area contributed by atoms with Gasteiger partial charge in [-0.3, -0.25) is 25.0 Å². The SMILES string of the molecule is O=C(c1onc(-c2ccc([N+](=O)[O-])cc2)c1C(F)(F)F)c1onc(-c2ccc([N+](=O)[O-])cc2)c1C(F)(F)F. The van der Waals surface area contributed by atoms with Crippen molar-refractivity contribution in [2.24, 2.45) is 0 Å². The van der Waals surface area contributed by atoms with Gasteiger partial charge in [-0.2, -0.15) is 26.3 Å². The second-order valence-corrected chi connectivity index (χ2v) is 7.40. The molecule has 0 aliphatic heterocycles. The van der Waals surface area contributed by atoms with Crippen molar-refractivity contribution in [1.82, 2.24) is 10.3 Å². The molecule has 0 amide bonds. The van der Waals surface area contributed by atoms with Gasteiger partial charge in [0.1, 0.15) is 22.5 Å². The summed E-state index contributed by atoms with van der Waals surface area (Å²) in [4.78, 5) is 32.9. The summed E-state index contributed by atoms with van der Waals surface area (Å²) in [5, 5.41) is 27.9. The monoisotopic (exact) mass is 542 g/mol. The van der Waals surface area contributed by atoms with E-state index in [1.165, 1.54) is 0 Å². The number of carbonyl (C=O) groups excluding carboxylic acids is 1. The zero-order valence-corrected chi connectivity index (χ0v) is 18.0. The van der Waals surface area contributed by atoms with Crippen LogP contribution in [-0.2, 0) is 12.4 Å². The molecule has 0 fully saturated rings. The number of nitrogens with zero attached hydrogens (tertiary/aromatic N) is 4. The molecule has 0 saturated carbocycles. The zero-order valence-electron chi connectivity index (χ0n) is 18.0. The fraction of sp³-hybridized carbons (Fsp3) is 0.0952. The molecule has 4 aromatic rings. The summed E-state index contributed by atoms with van der Waals surface area (Å²) >= 11 is 0. The Labute approximate surface area is 204 Å². The first kappa shape index (κ1) is 26.0. The number of hydrogen-bond acceptors (Lipinski definition) is 9. The highest BCUT2D eigenvalue weighted by atomic mass is 19.4. The highest BCUT2D eigenvalue weighted by Gasteiger charge is 2.48. The van der Waals surface area contributed by atoms with E-state index < -0.39 is 73.4 Å². The Kier molecular flexibility index (Phi) is 6.22. The average Bonchev–Trinajstić information content (AvgIpc) is 3.49. The first-order valence-electron chi connectivity index (χ1n) is 9.88. The smallest absolute Gasteiger partial charge is 0.351 e. The molecule has 0 atom stereocenters. The molecular weight excluding hydrogens is 534 g/mol. The molecule has 0 aliphatic carbocycles. The van der Waals surface area contributed by atoms with Gasteiger partial charge < -0.3 is 9.05 Å². The van der Waals surface area contributed by atoms with Crippen LogP contribution < -0.4 is 0 Å². The van der Waals surface area contributed by atoms with Crippen molar-refractivity contribution in [3.8, 4) is 22.5 Å². The molecule has 2 heterocycles. The molecule has 11 nitrogen and oxygen atoms in total. The number of nitro benzene ring substituents is 2. The lowest BCUT2D eigenvalue weighted by atomic mass is 9.99. The van der Waals surface area contributed by atoms with E-state index in [0.717, 1.165) is 48.5 Å². The number of non-ortho nitro benzene ring substituents is 2. The normalized spacial score (nSPS) is 11.9. The molecule has 2 aromatic heterocycles. The third-order valence-corrected chi connectivity index (χ3v) is 5.07. The molecule has 0 bridgehead atoms. The minimum atomic E-state index is -5.37. The molecule has 4 rings (SSSR count). The Bertz CT molecular complexity index is 1440. The van der Waals surface area contributed by atoms with E-state index in [1.807, 2.05) is 0 Å². The molecule has 0 spiro atoms. The van der Waals surface area contributed by atoms with Crippen molar-refractivity contribution in [1.29, 1.82) is 0 Å². The predicted molar refractivity (Wildman–Crippen MR) is 111 cm³/mol. The summed E-state index contributed by atoms with van der Waals surface area (Å²) in [7, 11) is 0. The number of aromatic nitrogens is 2. The Morgan fingerprint density at radius 3 is 1.24 bits per heavy atom. The standard InChI is InChI=1S/C21H8F6N4O7/c22-20(23,24)13-15(9-1-5-11(6-2-9)30(33)34)28-37-18(13)17(32)19-14(21(25,26)27)16(29-38-19)10-3-7-12(8-4-10)31(35)36/h1-8H. The van der Waals surface area contributed by atoms with Gasteiger partial charge in [0.05, 0.1) is 9.85 Å². The van der Waals surface area contributed by atoms with Crippen molar-refractivity contribution in [3.63, 3.8) is 0 Å². The summed E-state index contributed by atoms with van der Waals surface area (Å²) < 4.78 is 92.6. The Hall–Kier alpha value is -5.09. The summed E-state index contributed by atoms with van der Waals surface area (Å²) in [5.41, 5.74) is -7.44. The molecule has 0 saturated heterocycles. The van der Waals surface area contributed by atoms with Crippen LogP contribution in [0.15, 0.2) is 57.6 Å². The van der Waals surface area contributed by atoms with Crippen LogP contribution in [0.25, 0.3) is 22.5 Å². The van der Waals surface area contributed by atoms with Crippen LogP contribution in [0.1, 0.15) is 27.4 Å². The van der Waals surface area contributed by atoms with Crippen molar-refractivity contribution < 1.29 is 50.0 Å². The minimum absolute atomic E-state index is 0.383. The maximum Gasteiger partial charge on any atom is 0.422 e. The first-order chi connectivity index (χ1) is 17.7. The van der Waals surface area contributed by atoms with Gasteiger partial charge in [-0.1, -0.05) is 10.3 Å². The summed E-state index contributed by atoms with van der Waals surface area (Å²) in [6.07, 6.45) is -10.7. The van der Waals surface area contributed by atoms with Crippen molar-refractivity contribution >= 4 is 17.2 Å². The number of alkyl halides is 6. The number of rotatable bonds is 6. The molecule has 0 unspecified atom stereocenters. The van der Waals surface area contributed by atoms with Gasteiger partial charge in [0.15, 0.2) is 0 Å². The maximum atomic E-state index is 13.9. The minimum Gasteiger partial charge on any atom is -0.351 e. The topological polar surface area (TPSA) is 155 Å². The highest BCUT2D eigenvalue weighted by molar-refractivity contribution is 6.08. The fourth-order valence-corrected chi connectivity index (χ4v) is 3.40. The van der Waals surface area contributed by atoms with Gasteiger partial charge in [0.25, 0.3) is 17.2 Å². The number of ketones is 1. The van der Waals surface area contributed by atoms with Crippen LogP contribution in [-0.4, -0.2) is 25.9 Å². The van der Waals surface area contributed by atoms with E-state index in [2.05, 4.69) is 19.4 Å². The molecule has 38 heavy (non-hydrogen) atoms. The summed E-state index contributed by atoms with van der Waals surface area (Å²) in [5.74, 6) is -5.29. The first-order valence-corrected chi connectivity index (χ1v) is 9.88. The highest BCUT2D eigenvalue weighted by Crippen LogP contribution is 2.43. The third-order valence-electron chi connectivity index (χ3n) is 5.07. The Morgan fingerprint density at radius 2 is 0.974 bits per heavy atom. The molecule has 0 aliphatic rings. The zero-order chi connectivity index (χ0) is 28.0. The maximum absolute atomic E-state index is 13.9. The van der Waals surface area contributed by atoms with Crippen molar-refractivity contribution in [3.05, 3.63) is 91.4 Å². The quantitative estimate of drug-likeness (QED) is 0.122. The predicted octanol–water partition coefficient (Wildman–Crippen LogP) is 6.08. The second-order valence-electron chi connectivity index (χ2n) is 7.40. The Morgan fingerprint density at radius 1 is 0.658 bits per heavy atom. The third kappa shape index (κ3) is 4.67. The molecule has 2 aromatic carbocycles. The average molecular weight is 542 g/mol. The summed E-state index contributed by atoms with van der Waals surface area (Å²) in [6.45, 7) is 0. The van der Waals surface area contributed by atoms with Crippen molar-refractivity contribution in [2.75, 3.05) is 0 Å². The van der Waals surface area contributed by atoms with E-state index >= 15 is 0 Å². The van der Waals surface area contributed by atoms with Gasteiger partial charge >= 0.3 is 12.4 Å². The number of hydrogen-bond donors (Lipinski definition) is 0. The number of halogens is 6. The molecular formula is C21H8F6N4O7. The molecule has 0 radical (unpaired) electrons. The van der Waals surface area contributed by atoms with Crippen LogP contribution in [0.5, 0.6) is 0 Å². The van der Waals surface area contributed by atoms with Crippen LogP contribution in [0.2, 0.25) is 0 Å². The lowest BCUT2D eigenvalue weighted by molar-refractivity contribution is -0.385. The Balaban J connectivity index is 1.85. The molecule has 196 valence electrons. The van der Waals surface area contributed by atoms with Crippen LogP contribution >= 0.6 is 0 Å². The van der Waals surface area contributed by atoms with E-state index in [4.69, 9.17) is 0 Å². The van der Waals surface area contributed by atoms with Gasteiger partial charge in [-0.15, -0.1) is 0 Å². The number of nitro groups is 2. The number of benzene rings is 2. The van der Waals surface area contributed by atoms with Crippen molar-refractivity contribution in [2.45, 2.75) is 12.4 Å². The lowest BCUT2D eigenvalue weighted by Gasteiger charge is -2.09. The van der Waals surface area contributed by atoms with E-state index in [0.29, 0.717) is 0 Å². The van der Waals surface area contributed by atoms with Gasteiger partial charge in [-0.25, -0.2) is 0 Å². The lowest BCUT2D eigenvalue weighted by Crippen LogP contribution is -2.16. The molecule has 17 heteroatoms. The van der Waals surface area contributed by atoms with E-state index in [9.17, 15) is 51.4 Å². The van der Waals surface area contributed by atoms with Crippen LogP contribution in [0, 0.1) is 20.2 Å². The van der Waals surface area contributed by atoms with E-state index in [1.54, 1.807) is 0 Å². The number of carbonyl (C=O) groups is 1. The van der Waals surface area contributed by atoms with Gasteiger partial charge in [0.2, 0.25) is 11.5 Å². The fourth-order valence-electron chi connectivity index (χ4n) is 3.40. The van der Waals surface area contributed by atoms with Crippen LogP contribution in [0.4, 0.5) is 37.7 Å².